The van der Waals surface area contributed by atoms with Crippen molar-refractivity contribution in [2.24, 2.45) is 0 Å². The van der Waals surface area contributed by atoms with Crippen molar-refractivity contribution < 1.29 is 23.5 Å². The van der Waals surface area contributed by atoms with E-state index in [9.17, 15) is 14.0 Å². The number of nitrogens with zero attached hydrogens (tertiary/aromatic N) is 5. The van der Waals surface area contributed by atoms with Gasteiger partial charge in [-0.25, -0.2) is 14.2 Å². The topological polar surface area (TPSA) is 100 Å². The van der Waals surface area contributed by atoms with Crippen LogP contribution in [0.2, 0.25) is 0 Å². The molecule has 240 valence electrons. The number of piperazine rings is 1. The average Bonchev–Trinajstić information content (AvgIpc) is 3.05. The third-order valence-electron chi connectivity index (χ3n) is 8.04. The predicted molar refractivity (Wildman–Crippen MR) is 176 cm³/mol. The molecule has 11 heteroatoms. The van der Waals surface area contributed by atoms with Crippen molar-refractivity contribution in [2.75, 3.05) is 54.4 Å². The Morgan fingerprint density at radius 1 is 0.848 bits per heavy atom. The molecular formula is C35H39FN6O4. The number of halogens is 1. The highest BCUT2D eigenvalue weighted by atomic mass is 19.1. The summed E-state index contributed by atoms with van der Waals surface area (Å²) in [6.45, 7) is 9.38. The molecule has 2 saturated heterocycles. The molecule has 1 aromatic heterocycles. The Morgan fingerprint density at radius 3 is 2.33 bits per heavy atom. The monoisotopic (exact) mass is 626 g/mol. The number of piperidine rings is 1. The van der Waals surface area contributed by atoms with Crippen LogP contribution in [0.15, 0.2) is 66.9 Å². The summed E-state index contributed by atoms with van der Waals surface area (Å²) in [4.78, 5) is 40.7. The fraction of sp³-hybridized carbons (Fsp3) is 0.371. The molecule has 2 fully saturated rings. The summed E-state index contributed by atoms with van der Waals surface area (Å²) in [7, 11) is 0. The normalized spacial score (nSPS) is 15.5. The zero-order chi connectivity index (χ0) is 32.3. The van der Waals surface area contributed by atoms with E-state index in [1.807, 2.05) is 49.9 Å². The van der Waals surface area contributed by atoms with Crippen LogP contribution in [-0.2, 0) is 4.74 Å². The number of amides is 2. The van der Waals surface area contributed by atoms with Gasteiger partial charge >= 0.3 is 6.09 Å². The highest BCUT2D eigenvalue weighted by Gasteiger charge is 2.27. The van der Waals surface area contributed by atoms with Gasteiger partial charge in [-0.3, -0.25) is 4.79 Å². The molecule has 4 aromatic rings. The molecule has 46 heavy (non-hydrogen) atoms. The molecule has 3 heterocycles. The third-order valence-corrected chi connectivity index (χ3v) is 8.04. The Morgan fingerprint density at radius 2 is 1.59 bits per heavy atom. The minimum absolute atomic E-state index is 0.269. The van der Waals surface area contributed by atoms with Crippen LogP contribution in [0.25, 0.3) is 10.8 Å². The van der Waals surface area contributed by atoms with Crippen LogP contribution in [0.4, 0.5) is 26.5 Å². The van der Waals surface area contributed by atoms with Gasteiger partial charge in [0, 0.05) is 79.2 Å². The number of hydrogen-bond donors (Lipinski definition) is 1. The molecule has 0 saturated carbocycles. The van der Waals surface area contributed by atoms with Crippen LogP contribution in [-0.4, -0.2) is 71.7 Å². The summed E-state index contributed by atoms with van der Waals surface area (Å²) in [5.41, 5.74) is 1.04. The Balaban J connectivity index is 1.16. The molecule has 2 aliphatic heterocycles. The summed E-state index contributed by atoms with van der Waals surface area (Å²) >= 11 is 0. The zero-order valence-electron chi connectivity index (χ0n) is 26.5. The van der Waals surface area contributed by atoms with Crippen LogP contribution in [0.1, 0.15) is 50.4 Å². The van der Waals surface area contributed by atoms with Gasteiger partial charge in [-0.2, -0.15) is 4.98 Å². The van der Waals surface area contributed by atoms with Gasteiger partial charge in [0.2, 0.25) is 11.8 Å². The van der Waals surface area contributed by atoms with Crippen molar-refractivity contribution in [3.63, 3.8) is 0 Å². The lowest BCUT2D eigenvalue weighted by Crippen LogP contribution is -2.50. The van der Waals surface area contributed by atoms with E-state index in [1.54, 1.807) is 35.4 Å². The Kier molecular flexibility index (Phi) is 8.92. The van der Waals surface area contributed by atoms with Crippen molar-refractivity contribution in [2.45, 2.75) is 45.6 Å². The molecule has 6 rings (SSSR count). The SMILES string of the molecule is CC(C)(C)OC(=O)N1CCN(c2nccc(Oc3ccc(NC(=O)c4cc(F)cc(N5CCCCC5)c4)c4ccccc34)n2)CC1. The fourth-order valence-electron chi connectivity index (χ4n) is 5.77. The van der Waals surface area contributed by atoms with E-state index in [0.717, 1.165) is 42.4 Å². The maximum absolute atomic E-state index is 14.6. The van der Waals surface area contributed by atoms with Gasteiger partial charge in [-0.15, -0.1) is 0 Å². The summed E-state index contributed by atoms with van der Waals surface area (Å²) < 4.78 is 26.3. The van der Waals surface area contributed by atoms with Gasteiger partial charge in [-0.05, 0) is 70.4 Å². The quantitative estimate of drug-likeness (QED) is 0.248. The number of ether oxygens (including phenoxy) is 2. The molecule has 2 amide bonds. The van der Waals surface area contributed by atoms with Crippen LogP contribution >= 0.6 is 0 Å². The van der Waals surface area contributed by atoms with E-state index in [1.165, 1.54) is 18.6 Å². The minimum Gasteiger partial charge on any atom is -0.444 e. The number of nitrogens with one attached hydrogen (secondary N) is 1. The standard InChI is InChI=1S/C35H39FN6O4/c1-35(2,3)46-34(44)42-19-17-41(18-20-42)33-37-14-13-31(39-33)45-30-12-11-29(27-9-5-6-10-28(27)30)38-32(43)24-21-25(36)23-26(22-24)40-15-7-4-8-16-40/h5-6,9-14,21-23H,4,7-8,15-20H2,1-3H3,(H,38,43). The molecule has 3 aromatic carbocycles. The van der Waals surface area contributed by atoms with E-state index in [-0.39, 0.29) is 17.6 Å². The van der Waals surface area contributed by atoms with Gasteiger partial charge in [0.05, 0.1) is 0 Å². The number of fused-ring (bicyclic) bond motifs is 1. The number of aromatic nitrogens is 2. The molecular weight excluding hydrogens is 587 g/mol. The lowest BCUT2D eigenvalue weighted by molar-refractivity contribution is 0.0240. The number of carbonyl (C=O) groups is 2. The Labute approximate surface area is 268 Å². The summed E-state index contributed by atoms with van der Waals surface area (Å²) in [5, 5.41) is 4.53. The zero-order valence-corrected chi connectivity index (χ0v) is 26.5. The van der Waals surface area contributed by atoms with Gasteiger partial charge < -0.3 is 29.5 Å². The van der Waals surface area contributed by atoms with Crippen molar-refractivity contribution in [1.82, 2.24) is 14.9 Å². The van der Waals surface area contributed by atoms with Crippen molar-refractivity contribution in [3.05, 3.63) is 78.2 Å². The van der Waals surface area contributed by atoms with E-state index in [4.69, 9.17) is 9.47 Å². The van der Waals surface area contributed by atoms with E-state index in [0.29, 0.717) is 49.4 Å². The number of rotatable bonds is 6. The third kappa shape index (κ3) is 7.30. The summed E-state index contributed by atoms with van der Waals surface area (Å²) in [5.74, 6) is 0.617. The van der Waals surface area contributed by atoms with Gasteiger partial charge in [0.15, 0.2) is 0 Å². The number of anilines is 3. The first kappa shape index (κ1) is 31.1. The number of benzene rings is 3. The largest absolute Gasteiger partial charge is 0.444 e. The van der Waals surface area contributed by atoms with Crippen LogP contribution in [0.3, 0.4) is 0 Å². The minimum atomic E-state index is -0.547. The van der Waals surface area contributed by atoms with E-state index >= 15 is 0 Å². The van der Waals surface area contributed by atoms with Crippen LogP contribution in [0, 0.1) is 5.82 Å². The molecule has 2 aliphatic rings. The molecule has 0 unspecified atom stereocenters. The molecule has 1 N–H and O–H groups in total. The lowest BCUT2D eigenvalue weighted by atomic mass is 10.1. The second-order valence-corrected chi connectivity index (χ2v) is 12.6. The number of hydrogen-bond acceptors (Lipinski definition) is 8. The fourth-order valence-corrected chi connectivity index (χ4v) is 5.77. The first-order chi connectivity index (χ1) is 22.1. The van der Waals surface area contributed by atoms with Crippen molar-refractivity contribution in [3.8, 4) is 11.6 Å². The lowest BCUT2D eigenvalue weighted by Gasteiger charge is -2.35. The molecule has 0 radical (unpaired) electrons. The predicted octanol–water partition coefficient (Wildman–Crippen LogP) is 6.86. The van der Waals surface area contributed by atoms with Crippen LogP contribution < -0.4 is 19.9 Å². The highest BCUT2D eigenvalue weighted by molar-refractivity contribution is 6.10. The first-order valence-electron chi connectivity index (χ1n) is 15.8. The first-order valence-corrected chi connectivity index (χ1v) is 15.8. The molecule has 0 aliphatic carbocycles. The molecule has 10 nitrogen and oxygen atoms in total. The van der Waals surface area contributed by atoms with Crippen molar-refractivity contribution >= 4 is 40.1 Å². The van der Waals surface area contributed by atoms with Gasteiger partial charge in [0.25, 0.3) is 5.91 Å². The maximum Gasteiger partial charge on any atom is 0.410 e. The second kappa shape index (κ2) is 13.2. The van der Waals surface area contributed by atoms with Crippen LogP contribution in [0.5, 0.6) is 11.6 Å². The molecule has 0 spiro atoms. The number of carbonyl (C=O) groups excluding carboxylic acids is 2. The van der Waals surface area contributed by atoms with Gasteiger partial charge in [-0.1, -0.05) is 24.3 Å². The van der Waals surface area contributed by atoms with E-state index in [2.05, 4.69) is 20.2 Å². The Bertz CT molecular complexity index is 1730. The molecule has 0 bridgehead atoms. The van der Waals surface area contributed by atoms with Crippen molar-refractivity contribution in [1.29, 1.82) is 0 Å². The maximum atomic E-state index is 14.6. The highest BCUT2D eigenvalue weighted by Crippen LogP contribution is 2.35. The smallest absolute Gasteiger partial charge is 0.410 e. The molecule has 0 atom stereocenters. The summed E-state index contributed by atoms with van der Waals surface area (Å²) in [6, 6.07) is 17.4. The summed E-state index contributed by atoms with van der Waals surface area (Å²) in [6.07, 6.45) is 4.60. The van der Waals surface area contributed by atoms with E-state index < -0.39 is 11.4 Å². The Hall–Kier alpha value is -4.93. The average molecular weight is 627 g/mol. The second-order valence-electron chi connectivity index (χ2n) is 12.6. The van der Waals surface area contributed by atoms with Gasteiger partial charge in [0.1, 0.15) is 17.2 Å².